The fourth-order valence-corrected chi connectivity index (χ4v) is 1.41. The van der Waals surface area contributed by atoms with Gasteiger partial charge in [-0.15, -0.1) is 0 Å². The molecule has 0 fully saturated rings. The van der Waals surface area contributed by atoms with Crippen LogP contribution in [0.2, 0.25) is 0 Å². The Bertz CT molecular complexity index is 379. The van der Waals surface area contributed by atoms with Gasteiger partial charge in [-0.05, 0) is 18.6 Å². The van der Waals surface area contributed by atoms with Gasteiger partial charge in [0.05, 0.1) is 7.11 Å². The van der Waals surface area contributed by atoms with E-state index in [9.17, 15) is 9.59 Å². The first-order valence-corrected chi connectivity index (χ1v) is 5.48. The van der Waals surface area contributed by atoms with Crippen LogP contribution < -0.4 is 5.32 Å². The molecule has 1 aromatic rings. The molecule has 1 amide bonds. The Labute approximate surface area is 100 Å². The molecule has 5 heteroatoms. The predicted octanol–water partition coefficient (Wildman–Crippen LogP) is 1.15. The lowest BCUT2D eigenvalue weighted by Crippen LogP contribution is -2.41. The van der Waals surface area contributed by atoms with Crippen molar-refractivity contribution in [3.8, 4) is 0 Å². The molecular formula is C12H16N2O3. The van der Waals surface area contributed by atoms with E-state index in [1.807, 2.05) is 6.92 Å². The summed E-state index contributed by atoms with van der Waals surface area (Å²) in [5, 5.41) is 2.61. The summed E-state index contributed by atoms with van der Waals surface area (Å²) in [5.41, 5.74) is 0.289. The molecule has 1 N–H and O–H groups in total. The number of aromatic nitrogens is 1. The minimum absolute atomic E-state index is 0.289. The van der Waals surface area contributed by atoms with Crippen molar-refractivity contribution in [2.45, 2.75) is 25.8 Å². The maximum absolute atomic E-state index is 11.8. The van der Waals surface area contributed by atoms with Crippen LogP contribution in [0.1, 0.15) is 30.3 Å². The van der Waals surface area contributed by atoms with Crippen molar-refractivity contribution in [1.82, 2.24) is 10.3 Å². The molecule has 0 aliphatic carbocycles. The number of hydrogen-bond acceptors (Lipinski definition) is 4. The average Bonchev–Trinajstić information content (AvgIpc) is 2.38. The van der Waals surface area contributed by atoms with Crippen LogP contribution in [-0.2, 0) is 9.53 Å². The SMILES string of the molecule is CCC[C@H](NC(=O)c1ccccn1)C(=O)OC. The van der Waals surface area contributed by atoms with Crippen molar-refractivity contribution >= 4 is 11.9 Å². The summed E-state index contributed by atoms with van der Waals surface area (Å²) in [7, 11) is 1.30. The summed E-state index contributed by atoms with van der Waals surface area (Å²) in [4.78, 5) is 27.1. The maximum Gasteiger partial charge on any atom is 0.328 e. The van der Waals surface area contributed by atoms with Gasteiger partial charge in [0.2, 0.25) is 0 Å². The Morgan fingerprint density at radius 2 is 2.24 bits per heavy atom. The van der Waals surface area contributed by atoms with Crippen LogP contribution in [0.5, 0.6) is 0 Å². The molecule has 0 saturated heterocycles. The number of rotatable bonds is 5. The molecule has 0 unspecified atom stereocenters. The molecule has 17 heavy (non-hydrogen) atoms. The van der Waals surface area contributed by atoms with E-state index < -0.39 is 12.0 Å². The van der Waals surface area contributed by atoms with Crippen molar-refractivity contribution in [1.29, 1.82) is 0 Å². The number of carbonyl (C=O) groups is 2. The molecule has 0 spiro atoms. The monoisotopic (exact) mass is 236 g/mol. The number of ether oxygens (including phenoxy) is 1. The first kappa shape index (κ1) is 13.2. The standard InChI is InChI=1S/C12H16N2O3/c1-3-6-10(12(16)17-2)14-11(15)9-7-4-5-8-13-9/h4-5,7-8,10H,3,6H2,1-2H3,(H,14,15)/t10-/m0/s1. The van der Waals surface area contributed by atoms with E-state index in [0.717, 1.165) is 6.42 Å². The van der Waals surface area contributed by atoms with Gasteiger partial charge >= 0.3 is 5.97 Å². The molecule has 1 heterocycles. The number of nitrogens with zero attached hydrogens (tertiary/aromatic N) is 1. The summed E-state index contributed by atoms with van der Waals surface area (Å²) in [5.74, 6) is -0.800. The third kappa shape index (κ3) is 3.86. The van der Waals surface area contributed by atoms with E-state index >= 15 is 0 Å². The van der Waals surface area contributed by atoms with Gasteiger partial charge in [-0.3, -0.25) is 9.78 Å². The van der Waals surface area contributed by atoms with Crippen LogP contribution >= 0.6 is 0 Å². The van der Waals surface area contributed by atoms with Crippen molar-refractivity contribution in [2.24, 2.45) is 0 Å². The topological polar surface area (TPSA) is 68.3 Å². The quantitative estimate of drug-likeness (QED) is 0.779. The zero-order chi connectivity index (χ0) is 12.7. The van der Waals surface area contributed by atoms with E-state index in [2.05, 4.69) is 15.0 Å². The van der Waals surface area contributed by atoms with Gasteiger partial charge in [0.15, 0.2) is 0 Å². The summed E-state index contributed by atoms with van der Waals surface area (Å²) in [6.45, 7) is 1.93. The zero-order valence-electron chi connectivity index (χ0n) is 9.97. The molecule has 0 aliphatic heterocycles. The average molecular weight is 236 g/mol. The van der Waals surface area contributed by atoms with E-state index in [-0.39, 0.29) is 11.6 Å². The lowest BCUT2D eigenvalue weighted by molar-refractivity contribution is -0.143. The fourth-order valence-electron chi connectivity index (χ4n) is 1.41. The molecule has 0 aliphatic rings. The van der Waals surface area contributed by atoms with Crippen LogP contribution in [0.15, 0.2) is 24.4 Å². The molecule has 1 aromatic heterocycles. The van der Waals surface area contributed by atoms with Gasteiger partial charge in [-0.2, -0.15) is 0 Å². The highest BCUT2D eigenvalue weighted by Crippen LogP contribution is 2.01. The van der Waals surface area contributed by atoms with Gasteiger partial charge < -0.3 is 10.1 Å². The third-order valence-corrected chi connectivity index (χ3v) is 2.27. The molecule has 92 valence electrons. The molecule has 1 rings (SSSR count). The number of nitrogens with one attached hydrogen (secondary N) is 1. The second kappa shape index (κ2) is 6.62. The van der Waals surface area contributed by atoms with Gasteiger partial charge in [-0.25, -0.2) is 4.79 Å². The number of pyridine rings is 1. The summed E-state index contributed by atoms with van der Waals surface area (Å²) < 4.78 is 4.63. The van der Waals surface area contributed by atoms with Crippen molar-refractivity contribution in [3.05, 3.63) is 30.1 Å². The molecule has 0 radical (unpaired) electrons. The molecule has 1 atom stereocenters. The van der Waals surface area contributed by atoms with Gasteiger partial charge in [0.1, 0.15) is 11.7 Å². The molecule has 0 aromatic carbocycles. The highest BCUT2D eigenvalue weighted by atomic mass is 16.5. The lowest BCUT2D eigenvalue weighted by atomic mass is 10.1. The Morgan fingerprint density at radius 3 is 2.76 bits per heavy atom. The Kier molecular flexibility index (Phi) is 5.13. The second-order valence-electron chi connectivity index (χ2n) is 3.55. The van der Waals surface area contributed by atoms with Crippen LogP contribution in [0.3, 0.4) is 0 Å². The number of amides is 1. The van der Waals surface area contributed by atoms with Crippen LogP contribution in [0, 0.1) is 0 Å². The second-order valence-corrected chi connectivity index (χ2v) is 3.55. The molecule has 0 saturated carbocycles. The van der Waals surface area contributed by atoms with Crippen molar-refractivity contribution in [2.75, 3.05) is 7.11 Å². The summed E-state index contributed by atoms with van der Waals surface area (Å²) >= 11 is 0. The number of esters is 1. The van der Waals surface area contributed by atoms with Crippen molar-refractivity contribution < 1.29 is 14.3 Å². The Hall–Kier alpha value is -1.91. The zero-order valence-corrected chi connectivity index (χ0v) is 9.97. The summed E-state index contributed by atoms with van der Waals surface area (Å²) in [6.07, 6.45) is 2.86. The number of carbonyl (C=O) groups excluding carboxylic acids is 2. The van der Waals surface area contributed by atoms with Crippen molar-refractivity contribution in [3.63, 3.8) is 0 Å². The van der Waals surface area contributed by atoms with Crippen LogP contribution in [0.25, 0.3) is 0 Å². The lowest BCUT2D eigenvalue weighted by Gasteiger charge is -2.15. The largest absolute Gasteiger partial charge is 0.467 e. The van der Waals surface area contributed by atoms with Gasteiger partial charge in [0, 0.05) is 6.20 Å². The van der Waals surface area contributed by atoms with Gasteiger partial charge in [0.25, 0.3) is 5.91 Å². The highest BCUT2D eigenvalue weighted by Gasteiger charge is 2.21. The normalized spacial score (nSPS) is 11.6. The number of hydrogen-bond donors (Lipinski definition) is 1. The fraction of sp³-hybridized carbons (Fsp3) is 0.417. The Morgan fingerprint density at radius 1 is 1.47 bits per heavy atom. The van der Waals surface area contributed by atoms with E-state index in [0.29, 0.717) is 6.42 Å². The molecule has 0 bridgehead atoms. The number of methoxy groups -OCH3 is 1. The highest BCUT2D eigenvalue weighted by molar-refractivity contribution is 5.95. The van der Waals surface area contributed by atoms with E-state index in [4.69, 9.17) is 0 Å². The minimum Gasteiger partial charge on any atom is -0.467 e. The van der Waals surface area contributed by atoms with Crippen LogP contribution in [0.4, 0.5) is 0 Å². The van der Waals surface area contributed by atoms with Crippen LogP contribution in [-0.4, -0.2) is 30.0 Å². The first-order valence-electron chi connectivity index (χ1n) is 5.48. The molecular weight excluding hydrogens is 220 g/mol. The van der Waals surface area contributed by atoms with Gasteiger partial charge in [-0.1, -0.05) is 19.4 Å². The predicted molar refractivity (Wildman–Crippen MR) is 62.4 cm³/mol. The molecule has 5 nitrogen and oxygen atoms in total. The minimum atomic E-state index is -0.612. The smallest absolute Gasteiger partial charge is 0.328 e. The third-order valence-electron chi connectivity index (χ3n) is 2.27. The van der Waals surface area contributed by atoms with E-state index in [1.54, 1.807) is 18.2 Å². The Balaban J connectivity index is 2.67. The van der Waals surface area contributed by atoms with E-state index in [1.165, 1.54) is 13.3 Å². The maximum atomic E-state index is 11.8. The summed E-state index contributed by atoms with van der Waals surface area (Å²) in [6, 6.07) is 4.42. The first-order chi connectivity index (χ1) is 8.19.